The second-order valence-electron chi connectivity index (χ2n) is 7.22. The van der Waals surface area contributed by atoms with Crippen molar-refractivity contribution in [1.29, 1.82) is 0 Å². The number of rotatable bonds is 8. The Kier molecular flexibility index (Phi) is 5.50. The number of carbonyl (C=O) groups excluding carboxylic acids is 1. The summed E-state index contributed by atoms with van der Waals surface area (Å²) in [4.78, 5) is 20.2. The lowest BCUT2D eigenvalue weighted by molar-refractivity contribution is 0.228. The summed E-state index contributed by atoms with van der Waals surface area (Å²) in [5.41, 5.74) is 2.05. The van der Waals surface area contributed by atoms with Gasteiger partial charge in [-0.3, -0.25) is 0 Å². The largest absolute Gasteiger partial charge is 0.493 e. The Labute approximate surface area is 168 Å². The minimum Gasteiger partial charge on any atom is -0.493 e. The van der Waals surface area contributed by atoms with Crippen molar-refractivity contribution in [2.24, 2.45) is 5.92 Å². The number of nitrogens with one attached hydrogen (secondary N) is 2. The Balaban J connectivity index is 1.38. The molecule has 2 heterocycles. The fraction of sp³-hybridized carbons (Fsp3) is 0.381. The van der Waals surface area contributed by atoms with Gasteiger partial charge in [-0.25, -0.2) is 14.8 Å². The van der Waals surface area contributed by atoms with Crippen LogP contribution in [0, 0.1) is 5.92 Å². The van der Waals surface area contributed by atoms with Crippen molar-refractivity contribution in [3.63, 3.8) is 0 Å². The summed E-state index contributed by atoms with van der Waals surface area (Å²) in [6.07, 6.45) is 4.12. The van der Waals surface area contributed by atoms with Gasteiger partial charge in [-0.15, -0.1) is 0 Å². The lowest BCUT2D eigenvalue weighted by Gasteiger charge is -2.14. The van der Waals surface area contributed by atoms with E-state index in [0.717, 1.165) is 17.9 Å². The Morgan fingerprint density at radius 2 is 2.07 bits per heavy atom. The van der Waals surface area contributed by atoms with Crippen LogP contribution < -0.4 is 20.1 Å². The summed E-state index contributed by atoms with van der Waals surface area (Å²) in [5, 5.41) is 5.25. The Morgan fingerprint density at radius 1 is 1.24 bits per heavy atom. The zero-order valence-corrected chi connectivity index (χ0v) is 16.5. The number of hydrogen-bond donors (Lipinski definition) is 2. The number of amides is 2. The molecule has 0 radical (unpaired) electrons. The second kappa shape index (κ2) is 8.38. The SMILES string of the molecule is CNC(=O)N[C@@H](C)COc1ccc(-c2nc3ccc(OCC4CC4)cc3o2)nc1. The maximum Gasteiger partial charge on any atom is 0.314 e. The molecule has 4 rings (SSSR count). The second-order valence-corrected chi connectivity index (χ2v) is 7.22. The van der Waals surface area contributed by atoms with Gasteiger partial charge in [0.25, 0.3) is 0 Å². The molecule has 1 aliphatic carbocycles. The maximum absolute atomic E-state index is 11.3. The van der Waals surface area contributed by atoms with Crippen molar-refractivity contribution in [3.8, 4) is 23.1 Å². The predicted molar refractivity (Wildman–Crippen MR) is 108 cm³/mol. The fourth-order valence-corrected chi connectivity index (χ4v) is 2.75. The fourth-order valence-electron chi connectivity index (χ4n) is 2.75. The summed E-state index contributed by atoms with van der Waals surface area (Å²) in [6.45, 7) is 2.95. The molecule has 1 aliphatic rings. The molecule has 1 atom stereocenters. The molecule has 29 heavy (non-hydrogen) atoms. The molecule has 2 amide bonds. The van der Waals surface area contributed by atoms with Crippen LogP contribution in [0.4, 0.5) is 4.79 Å². The van der Waals surface area contributed by atoms with E-state index in [2.05, 4.69) is 20.6 Å². The number of pyridine rings is 1. The highest BCUT2D eigenvalue weighted by Crippen LogP contribution is 2.31. The standard InChI is InChI=1S/C21H24N4O4/c1-13(24-21(26)22-2)11-27-16-6-8-18(23-10-16)20-25-17-7-5-15(9-19(17)29-20)28-12-14-3-4-14/h5-10,13-14H,3-4,11-12H2,1-2H3,(H2,22,24,26)/t13-/m0/s1. The van der Waals surface area contributed by atoms with Crippen LogP contribution in [0.25, 0.3) is 22.7 Å². The maximum atomic E-state index is 11.3. The molecule has 0 aliphatic heterocycles. The van der Waals surface area contributed by atoms with Crippen molar-refractivity contribution >= 4 is 17.1 Å². The van der Waals surface area contributed by atoms with Crippen LogP contribution in [0.5, 0.6) is 11.5 Å². The molecule has 1 aromatic carbocycles. The third kappa shape index (κ3) is 4.96. The van der Waals surface area contributed by atoms with E-state index in [1.165, 1.54) is 12.8 Å². The molecule has 2 aromatic heterocycles. The minimum absolute atomic E-state index is 0.136. The van der Waals surface area contributed by atoms with E-state index in [-0.39, 0.29) is 12.1 Å². The molecule has 2 N–H and O–H groups in total. The molecule has 0 saturated heterocycles. The average molecular weight is 396 g/mol. The van der Waals surface area contributed by atoms with Gasteiger partial charge in [0, 0.05) is 13.1 Å². The normalized spacial score (nSPS) is 14.4. The quantitative estimate of drug-likeness (QED) is 0.606. The summed E-state index contributed by atoms with van der Waals surface area (Å²) < 4.78 is 17.3. The minimum atomic E-state index is -0.244. The van der Waals surface area contributed by atoms with Gasteiger partial charge in [0.2, 0.25) is 5.89 Å². The number of carbonyl (C=O) groups is 1. The van der Waals surface area contributed by atoms with Crippen LogP contribution in [0.2, 0.25) is 0 Å². The van der Waals surface area contributed by atoms with Gasteiger partial charge in [0.15, 0.2) is 5.58 Å². The van der Waals surface area contributed by atoms with Crippen LogP contribution >= 0.6 is 0 Å². The van der Waals surface area contributed by atoms with Crippen LogP contribution in [0.15, 0.2) is 40.9 Å². The highest BCUT2D eigenvalue weighted by atomic mass is 16.5. The van der Waals surface area contributed by atoms with E-state index in [0.29, 0.717) is 35.4 Å². The van der Waals surface area contributed by atoms with Gasteiger partial charge in [-0.2, -0.15) is 0 Å². The van der Waals surface area contributed by atoms with Crippen LogP contribution in [0.3, 0.4) is 0 Å². The Hall–Kier alpha value is -3.29. The van der Waals surface area contributed by atoms with Gasteiger partial charge in [-0.05, 0) is 49.9 Å². The Morgan fingerprint density at radius 3 is 2.79 bits per heavy atom. The first-order valence-corrected chi connectivity index (χ1v) is 9.71. The number of ether oxygens (including phenoxy) is 2. The number of oxazole rings is 1. The molecule has 0 spiro atoms. The monoisotopic (exact) mass is 396 g/mol. The molecule has 3 aromatic rings. The molecule has 1 saturated carbocycles. The molecule has 152 valence electrons. The summed E-state index contributed by atoms with van der Waals surface area (Å²) in [6, 6.07) is 8.88. The van der Waals surface area contributed by atoms with E-state index in [1.54, 1.807) is 25.4 Å². The van der Waals surface area contributed by atoms with Gasteiger partial charge in [0.05, 0.1) is 18.8 Å². The lowest BCUT2D eigenvalue weighted by Crippen LogP contribution is -2.41. The van der Waals surface area contributed by atoms with Gasteiger partial charge < -0.3 is 24.5 Å². The van der Waals surface area contributed by atoms with Crippen molar-refractivity contribution < 1.29 is 18.7 Å². The topological polar surface area (TPSA) is 98.5 Å². The third-order valence-electron chi connectivity index (χ3n) is 4.60. The van der Waals surface area contributed by atoms with E-state index in [4.69, 9.17) is 13.9 Å². The number of benzene rings is 1. The van der Waals surface area contributed by atoms with Gasteiger partial charge in [-0.1, -0.05) is 0 Å². The predicted octanol–water partition coefficient (Wildman–Crippen LogP) is 3.37. The van der Waals surface area contributed by atoms with E-state index in [9.17, 15) is 4.79 Å². The van der Waals surface area contributed by atoms with Crippen LogP contribution in [0.1, 0.15) is 19.8 Å². The molecule has 8 nitrogen and oxygen atoms in total. The number of aromatic nitrogens is 2. The molecular formula is C21H24N4O4. The van der Waals surface area contributed by atoms with Gasteiger partial charge in [0.1, 0.15) is 29.3 Å². The highest BCUT2D eigenvalue weighted by Gasteiger charge is 2.22. The van der Waals surface area contributed by atoms with E-state index in [1.807, 2.05) is 25.1 Å². The summed E-state index contributed by atoms with van der Waals surface area (Å²) in [5.74, 6) is 2.54. The highest BCUT2D eigenvalue weighted by molar-refractivity contribution is 5.77. The zero-order valence-electron chi connectivity index (χ0n) is 16.5. The first-order chi connectivity index (χ1) is 14.1. The average Bonchev–Trinajstić information content (AvgIpc) is 3.47. The number of fused-ring (bicyclic) bond motifs is 1. The smallest absolute Gasteiger partial charge is 0.314 e. The zero-order chi connectivity index (χ0) is 20.2. The first-order valence-electron chi connectivity index (χ1n) is 9.71. The molecule has 0 bridgehead atoms. The van der Waals surface area contributed by atoms with Crippen molar-refractivity contribution in [2.75, 3.05) is 20.3 Å². The Bertz CT molecular complexity index is 982. The van der Waals surface area contributed by atoms with Gasteiger partial charge >= 0.3 is 6.03 Å². The first kappa shape index (κ1) is 19.0. The molecular weight excluding hydrogens is 372 g/mol. The molecule has 8 heteroatoms. The van der Waals surface area contributed by atoms with Crippen LogP contribution in [-0.4, -0.2) is 42.3 Å². The number of hydrogen-bond acceptors (Lipinski definition) is 6. The van der Waals surface area contributed by atoms with Crippen molar-refractivity contribution in [3.05, 3.63) is 36.5 Å². The third-order valence-corrected chi connectivity index (χ3v) is 4.60. The van der Waals surface area contributed by atoms with E-state index >= 15 is 0 Å². The summed E-state index contributed by atoms with van der Waals surface area (Å²) in [7, 11) is 1.57. The van der Waals surface area contributed by atoms with Crippen molar-refractivity contribution in [1.82, 2.24) is 20.6 Å². The summed E-state index contributed by atoms with van der Waals surface area (Å²) >= 11 is 0. The van der Waals surface area contributed by atoms with Crippen LogP contribution in [-0.2, 0) is 0 Å². The van der Waals surface area contributed by atoms with Crippen molar-refractivity contribution in [2.45, 2.75) is 25.8 Å². The number of nitrogens with zero attached hydrogens (tertiary/aromatic N) is 2. The van der Waals surface area contributed by atoms with E-state index < -0.39 is 0 Å². The molecule has 0 unspecified atom stereocenters. The lowest BCUT2D eigenvalue weighted by atomic mass is 10.3. The number of urea groups is 1. The molecule has 1 fully saturated rings.